The zero-order chi connectivity index (χ0) is 19.5. The van der Waals surface area contributed by atoms with Gasteiger partial charge in [-0.05, 0) is 13.8 Å². The number of hydrogen-bond donors (Lipinski definition) is 14. The summed E-state index contributed by atoms with van der Waals surface area (Å²) in [4.78, 5) is 0. The maximum atomic E-state index is 8.28. The smallest absolute Gasteiger partial charge is 1.00 e. The standard InChI is InChI=1S/C4H11NO.4BH3O3.K.H/c1-4(2,5)3-6;4*2-1(3)4;;/h6H,3,5H2,1-2H3;4*2-4H;;/q;;;;;+1;-1. The van der Waals surface area contributed by atoms with Gasteiger partial charge in [-0.25, -0.2) is 0 Å². The maximum absolute atomic E-state index is 8.28. The quantitative estimate of drug-likeness (QED) is 0.189. The van der Waals surface area contributed by atoms with Crippen LogP contribution in [0.4, 0.5) is 0 Å². The Kier molecular flexibility index (Phi) is 48.2. The van der Waals surface area contributed by atoms with Gasteiger partial charge in [0.2, 0.25) is 0 Å². The second-order valence-electron chi connectivity index (χ2n) is 3.53. The van der Waals surface area contributed by atoms with E-state index in [1.54, 1.807) is 13.8 Å². The molecule has 15 N–H and O–H groups in total. The average Bonchev–Trinajstić information content (AvgIpc) is 2.12. The second kappa shape index (κ2) is 28.2. The summed E-state index contributed by atoms with van der Waals surface area (Å²) in [5.41, 5.74) is 4.88. The third kappa shape index (κ3) is 565. The molecule has 0 radical (unpaired) electrons. The molecular weight excluding hydrogens is 352 g/mol. The van der Waals surface area contributed by atoms with Crippen LogP contribution in [-0.4, -0.2) is 107 Å². The van der Waals surface area contributed by atoms with Crippen molar-refractivity contribution in [3.05, 3.63) is 0 Å². The van der Waals surface area contributed by atoms with E-state index in [1.165, 1.54) is 0 Å². The van der Waals surface area contributed by atoms with Gasteiger partial charge in [0.15, 0.2) is 0 Å². The van der Waals surface area contributed by atoms with Crippen molar-refractivity contribution in [1.29, 1.82) is 0 Å². The molecule has 0 atom stereocenters. The summed E-state index contributed by atoms with van der Waals surface area (Å²) in [6, 6.07) is 0. The van der Waals surface area contributed by atoms with E-state index in [2.05, 4.69) is 0 Å². The van der Waals surface area contributed by atoms with Crippen molar-refractivity contribution in [2.75, 3.05) is 6.61 Å². The van der Waals surface area contributed by atoms with Crippen LogP contribution in [-0.2, 0) is 0 Å². The predicted molar refractivity (Wildman–Crippen MR) is 76.1 cm³/mol. The van der Waals surface area contributed by atoms with Gasteiger partial charge in [0, 0.05) is 5.54 Å². The van der Waals surface area contributed by atoms with E-state index in [1.807, 2.05) is 0 Å². The molecule has 0 fully saturated rings. The first-order valence-corrected chi connectivity index (χ1v) is 5.06. The summed E-state index contributed by atoms with van der Waals surface area (Å²) >= 11 is 0. The van der Waals surface area contributed by atoms with Gasteiger partial charge >= 0.3 is 80.7 Å². The molecule has 0 saturated heterocycles. The van der Waals surface area contributed by atoms with Crippen LogP contribution in [0.1, 0.15) is 15.3 Å². The van der Waals surface area contributed by atoms with Gasteiger partial charge in [-0.1, -0.05) is 0 Å². The molecule has 0 aromatic carbocycles. The van der Waals surface area contributed by atoms with Gasteiger partial charge in [0.25, 0.3) is 0 Å². The molecule has 0 amide bonds. The summed E-state index contributed by atoms with van der Waals surface area (Å²) in [6.07, 6.45) is 0. The van der Waals surface area contributed by atoms with E-state index in [0.717, 1.165) is 0 Å². The first kappa shape index (κ1) is 39.4. The van der Waals surface area contributed by atoms with E-state index in [0.29, 0.717) is 0 Å². The fourth-order valence-corrected chi connectivity index (χ4v) is 0. The zero-order valence-corrected chi connectivity index (χ0v) is 16.0. The largest absolute Gasteiger partial charge is 1.00 e. The normalized spacial score (nSPS) is 7.83. The molecule has 14 nitrogen and oxygen atoms in total. The molecule has 0 aromatic heterocycles. The summed E-state index contributed by atoms with van der Waals surface area (Å²) in [5, 5.41) is 94.3. The topological polar surface area (TPSA) is 289 Å². The average molecular weight is 377 g/mol. The van der Waals surface area contributed by atoms with E-state index in [4.69, 9.17) is 71.1 Å². The summed E-state index contributed by atoms with van der Waals surface area (Å²) in [5.74, 6) is 0. The molecule has 0 aliphatic rings. The molecular formula is C4H24B4KNO13. The van der Waals surface area contributed by atoms with E-state index >= 15 is 0 Å². The number of rotatable bonds is 1. The molecule has 0 spiro atoms. The Morgan fingerprint density at radius 2 is 0.696 bits per heavy atom. The minimum atomic E-state index is -2.17. The zero-order valence-electron chi connectivity index (χ0n) is 13.9. The third-order valence-corrected chi connectivity index (χ3v) is 0.408. The predicted octanol–water partition coefficient (Wildman–Crippen LogP) is -11.4. The van der Waals surface area contributed by atoms with Crippen molar-refractivity contribution < 1.29 is 118 Å². The first-order chi connectivity index (χ1) is 9.49. The Morgan fingerprint density at radius 3 is 0.696 bits per heavy atom. The summed E-state index contributed by atoms with van der Waals surface area (Å²) in [6.45, 7) is 3.59. The van der Waals surface area contributed by atoms with Crippen molar-refractivity contribution in [3.8, 4) is 0 Å². The molecule has 0 aliphatic carbocycles. The van der Waals surface area contributed by atoms with Crippen LogP contribution >= 0.6 is 0 Å². The van der Waals surface area contributed by atoms with Gasteiger partial charge in [0.05, 0.1) is 6.61 Å². The Morgan fingerprint density at radius 1 is 0.652 bits per heavy atom. The van der Waals surface area contributed by atoms with E-state index < -0.39 is 34.8 Å². The number of hydrogen-bond acceptors (Lipinski definition) is 14. The first-order valence-electron chi connectivity index (χ1n) is 5.06. The molecule has 0 bridgehead atoms. The molecule has 136 valence electrons. The van der Waals surface area contributed by atoms with Crippen molar-refractivity contribution in [3.63, 3.8) is 0 Å². The van der Waals surface area contributed by atoms with Crippen LogP contribution in [0, 0.1) is 0 Å². The van der Waals surface area contributed by atoms with Crippen molar-refractivity contribution in [2.24, 2.45) is 5.73 Å². The van der Waals surface area contributed by atoms with Crippen LogP contribution in [0.15, 0.2) is 0 Å². The fraction of sp³-hybridized carbons (Fsp3) is 1.00. The molecule has 19 heteroatoms. The van der Waals surface area contributed by atoms with Crippen LogP contribution in [0.2, 0.25) is 0 Å². The Bertz CT molecular complexity index is 155. The third-order valence-electron chi connectivity index (χ3n) is 0.408. The molecule has 0 aliphatic heterocycles. The molecule has 0 unspecified atom stereocenters. The van der Waals surface area contributed by atoms with Crippen LogP contribution in [0.25, 0.3) is 0 Å². The molecule has 0 aromatic rings. The van der Waals surface area contributed by atoms with E-state index in [-0.39, 0.29) is 59.4 Å². The molecule has 0 rings (SSSR count). The maximum Gasteiger partial charge on any atom is 1.00 e. The minimum Gasteiger partial charge on any atom is -1.00 e. The number of aliphatic hydroxyl groups is 1. The van der Waals surface area contributed by atoms with Gasteiger partial charge < -0.3 is 72.6 Å². The van der Waals surface area contributed by atoms with Crippen molar-refractivity contribution in [2.45, 2.75) is 19.4 Å². The Hall–Kier alpha value is 1.34. The molecule has 0 saturated carbocycles. The van der Waals surface area contributed by atoms with Gasteiger partial charge in [-0.15, -0.1) is 0 Å². The molecule has 0 heterocycles. The van der Waals surface area contributed by atoms with Crippen LogP contribution in [0.3, 0.4) is 0 Å². The minimum absolute atomic E-state index is 0. The van der Waals surface area contributed by atoms with Gasteiger partial charge in [-0.2, -0.15) is 0 Å². The van der Waals surface area contributed by atoms with Crippen LogP contribution in [0.5, 0.6) is 0 Å². The van der Waals surface area contributed by atoms with Crippen molar-refractivity contribution in [1.82, 2.24) is 0 Å². The van der Waals surface area contributed by atoms with E-state index in [9.17, 15) is 0 Å². The fourth-order valence-electron chi connectivity index (χ4n) is 0. The SMILES string of the molecule is CC(C)(N)CO.OB(O)O.OB(O)O.OB(O)O.OB(O)O.[H-].[K+]. The van der Waals surface area contributed by atoms with Gasteiger partial charge in [0.1, 0.15) is 0 Å². The van der Waals surface area contributed by atoms with Crippen molar-refractivity contribution >= 4 is 29.3 Å². The molecule has 23 heavy (non-hydrogen) atoms. The summed E-state index contributed by atoms with van der Waals surface area (Å²) in [7, 11) is -8.67. The van der Waals surface area contributed by atoms with Crippen LogP contribution < -0.4 is 57.1 Å². The second-order valence-corrected chi connectivity index (χ2v) is 3.53. The Balaban J connectivity index is -0.0000000298. The Labute approximate surface area is 178 Å². The summed E-state index contributed by atoms with van der Waals surface area (Å²) < 4.78 is 0. The number of nitrogens with two attached hydrogens (primary N) is 1. The monoisotopic (exact) mass is 377 g/mol. The van der Waals surface area contributed by atoms with Gasteiger partial charge in [-0.3, -0.25) is 0 Å². The number of aliphatic hydroxyl groups excluding tert-OH is 1.